The van der Waals surface area contributed by atoms with Crippen LogP contribution in [0.3, 0.4) is 0 Å². The number of carbonyl (C=O) groups is 3. The zero-order chi connectivity index (χ0) is 33.3. The Morgan fingerprint density at radius 3 is 2.44 bits per heavy atom. The van der Waals surface area contributed by atoms with E-state index in [1.165, 1.54) is 12.1 Å². The summed E-state index contributed by atoms with van der Waals surface area (Å²) in [5.41, 5.74) is 3.82. The Kier molecular flexibility index (Phi) is 11.9. The molecule has 2 heterocycles. The van der Waals surface area contributed by atoms with Crippen molar-refractivity contribution >= 4 is 31.7 Å². The van der Waals surface area contributed by atoms with Gasteiger partial charge in [0.25, 0.3) is 6.33 Å². The first-order valence-electron chi connectivity index (χ1n) is 13.5. The molecular weight excluding hydrogens is 612 g/mol. The minimum absolute atomic E-state index is 0.0433. The number of hydrogen-bond acceptors (Lipinski definition) is 7. The highest BCUT2D eigenvalue weighted by Gasteiger charge is 2.28. The summed E-state index contributed by atoms with van der Waals surface area (Å²) in [7, 11) is -3.05. The number of nitrogens with zero attached hydrogens (tertiary/aromatic N) is 3. The van der Waals surface area contributed by atoms with Crippen LogP contribution in [-0.2, 0) is 30.2 Å². The number of carboxylic acid groups (broad SMARTS) is 2. The van der Waals surface area contributed by atoms with E-state index in [1.54, 1.807) is 47.8 Å². The van der Waals surface area contributed by atoms with Gasteiger partial charge in [0.05, 0.1) is 19.1 Å². The number of hydrogen-bond donors (Lipinski definition) is 3. The lowest BCUT2D eigenvalue weighted by atomic mass is 9.97. The number of carboxylic acids is 2. The number of aryl methyl sites for hydroxylation is 1. The molecule has 3 aromatic rings. The zero-order valence-corrected chi connectivity index (χ0v) is 25.6. The molecule has 0 saturated carbocycles. The second kappa shape index (κ2) is 15.4. The van der Waals surface area contributed by atoms with Crippen molar-refractivity contribution in [2.24, 2.45) is 0 Å². The van der Waals surface area contributed by atoms with Gasteiger partial charge in [-0.05, 0) is 67.3 Å². The molecule has 15 heteroatoms. The summed E-state index contributed by atoms with van der Waals surface area (Å²) in [6.45, 7) is 4.07. The quantitative estimate of drug-likeness (QED) is 0.168. The number of aliphatic carboxylic acids is 2. The van der Waals surface area contributed by atoms with Crippen LogP contribution in [0.25, 0.3) is 11.8 Å². The number of phosphoric ester groups is 1. The number of imidazole rings is 1. The maximum Gasteiger partial charge on any atom is 0.472 e. The van der Waals surface area contributed by atoms with Crippen LogP contribution in [0.15, 0.2) is 72.7 Å². The lowest BCUT2D eigenvalue weighted by Crippen LogP contribution is -2.38. The molecule has 0 bridgehead atoms. The number of aromatic nitrogens is 2. The predicted molar refractivity (Wildman–Crippen MR) is 156 cm³/mol. The second-order valence-corrected chi connectivity index (χ2v) is 11.2. The van der Waals surface area contributed by atoms with Gasteiger partial charge in [-0.2, -0.15) is 4.57 Å². The molecule has 1 atom stereocenters. The van der Waals surface area contributed by atoms with E-state index < -0.39 is 19.8 Å². The van der Waals surface area contributed by atoms with Gasteiger partial charge in [-0.1, -0.05) is 18.2 Å². The van der Waals surface area contributed by atoms with Crippen LogP contribution in [0.4, 0.5) is 4.39 Å². The number of rotatable bonds is 10. The molecule has 0 spiro atoms. The fourth-order valence-corrected chi connectivity index (χ4v) is 4.82. The van der Waals surface area contributed by atoms with Crippen LogP contribution < -0.4 is 14.4 Å². The highest BCUT2D eigenvalue weighted by atomic mass is 31.2. The van der Waals surface area contributed by atoms with E-state index >= 15 is 0 Å². The van der Waals surface area contributed by atoms with E-state index in [0.717, 1.165) is 23.2 Å². The molecule has 240 valence electrons. The van der Waals surface area contributed by atoms with Gasteiger partial charge in [0.15, 0.2) is 11.4 Å². The molecule has 1 aliphatic heterocycles. The lowest BCUT2D eigenvalue weighted by molar-refractivity contribution is -0.596. The van der Waals surface area contributed by atoms with Gasteiger partial charge in [0.2, 0.25) is 12.6 Å². The van der Waals surface area contributed by atoms with Crippen LogP contribution in [0.1, 0.15) is 42.6 Å². The van der Waals surface area contributed by atoms with E-state index in [4.69, 9.17) is 19.6 Å². The third-order valence-electron chi connectivity index (χ3n) is 6.79. The van der Waals surface area contributed by atoms with Gasteiger partial charge in [-0.25, -0.2) is 22.8 Å². The van der Waals surface area contributed by atoms with E-state index in [9.17, 15) is 28.4 Å². The fraction of sp³-hybridized carbons (Fsp3) is 0.267. The number of likely N-dealkylation sites (tertiary alicyclic amines) is 1. The van der Waals surface area contributed by atoms with Gasteiger partial charge in [0.1, 0.15) is 17.7 Å². The molecule has 45 heavy (non-hydrogen) atoms. The second-order valence-electron chi connectivity index (χ2n) is 9.93. The van der Waals surface area contributed by atoms with Gasteiger partial charge < -0.3 is 34.4 Å². The normalized spacial score (nSPS) is 15.1. The molecular formula is C30H33FN3O10P. The van der Waals surface area contributed by atoms with Crippen molar-refractivity contribution in [3.63, 3.8) is 0 Å². The largest absolute Gasteiger partial charge is 0.545 e. The highest BCUT2D eigenvalue weighted by Crippen LogP contribution is 2.36. The van der Waals surface area contributed by atoms with Crippen LogP contribution in [0, 0.1) is 12.7 Å². The molecule has 4 rings (SSSR count). The summed E-state index contributed by atoms with van der Waals surface area (Å²) in [4.78, 5) is 52.0. The lowest BCUT2D eigenvalue weighted by Gasteiger charge is -2.34. The third kappa shape index (κ3) is 10.2. The summed E-state index contributed by atoms with van der Waals surface area (Å²) in [6.07, 6.45) is 7.74. The maximum atomic E-state index is 13.3. The predicted octanol–water partition coefficient (Wildman–Crippen LogP) is 2.43. The van der Waals surface area contributed by atoms with Crippen molar-refractivity contribution in [3.05, 3.63) is 95.4 Å². The minimum atomic E-state index is -4.60. The maximum absolute atomic E-state index is 13.3. The summed E-state index contributed by atoms with van der Waals surface area (Å²) in [6, 6.07) is 11.6. The Morgan fingerprint density at radius 2 is 1.87 bits per heavy atom. The summed E-state index contributed by atoms with van der Waals surface area (Å²) < 4.78 is 37.9. The molecule has 1 amide bonds. The van der Waals surface area contributed by atoms with Gasteiger partial charge >= 0.3 is 13.8 Å². The number of carbonyl (C=O) groups excluding carboxylic acids is 2. The van der Waals surface area contributed by atoms with Crippen LogP contribution in [0.5, 0.6) is 5.75 Å². The molecule has 0 aliphatic carbocycles. The van der Waals surface area contributed by atoms with Crippen molar-refractivity contribution in [2.45, 2.75) is 39.5 Å². The standard InChI is InChI=1S/C26H29FN3O6P.C4H4O4/c1-18-15-28(16-29(18)17-36-37(32,33)34)24-11-6-20(14-25(24)35-3)13-22-5-4-12-30(26(22)31)19(2)21-7-9-23(27)10-8-21;5-3(6)1-2-4(7)8/h6-11,13-16,19H,4-5,12,17H2,1-3H3,(H-,32,33,34);1-2H,(H,5,6)(H,7,8)/b22-13+;2-1-/t19-;/m0./s1. The van der Waals surface area contributed by atoms with Gasteiger partial charge in [-0.15, -0.1) is 0 Å². The summed E-state index contributed by atoms with van der Waals surface area (Å²) in [5, 5.41) is 17.2. The molecule has 1 aromatic heterocycles. The van der Waals surface area contributed by atoms with Gasteiger partial charge in [-0.3, -0.25) is 4.79 Å². The smallest absolute Gasteiger partial charge is 0.472 e. The number of amides is 1. The molecule has 0 radical (unpaired) electrons. The number of halogens is 1. The van der Waals surface area contributed by atoms with Crippen molar-refractivity contribution in [3.8, 4) is 11.4 Å². The summed E-state index contributed by atoms with van der Waals surface area (Å²) >= 11 is 0. The first-order valence-corrected chi connectivity index (χ1v) is 15.1. The van der Waals surface area contributed by atoms with Crippen LogP contribution >= 0.6 is 7.82 Å². The summed E-state index contributed by atoms with van der Waals surface area (Å²) in [5.74, 6) is -2.59. The van der Waals surface area contributed by atoms with Crippen molar-refractivity contribution in [1.29, 1.82) is 0 Å². The van der Waals surface area contributed by atoms with Crippen molar-refractivity contribution in [2.75, 3.05) is 13.7 Å². The SMILES string of the molecule is COc1cc(/C=C2\CCCN([C@@H](C)c3ccc(F)cc3)C2=O)ccc1-[n+]1cc(C)n(COP(=O)(O)O)c1.O=C([O-])/C=C\C(=O)O. The van der Waals surface area contributed by atoms with Crippen LogP contribution in [0.2, 0.25) is 0 Å². The average molecular weight is 646 g/mol. The molecule has 2 aromatic carbocycles. The molecule has 1 aliphatic rings. The van der Waals surface area contributed by atoms with E-state index in [-0.39, 0.29) is 24.5 Å². The number of piperidine rings is 1. The van der Waals surface area contributed by atoms with Crippen LogP contribution in [-0.4, -0.2) is 55.9 Å². The zero-order valence-electron chi connectivity index (χ0n) is 24.7. The first-order chi connectivity index (χ1) is 21.2. The fourth-order valence-electron chi connectivity index (χ4n) is 4.55. The topological polar surface area (TPSA) is 183 Å². The minimum Gasteiger partial charge on any atom is -0.545 e. The van der Waals surface area contributed by atoms with Gasteiger partial charge in [0, 0.05) is 25.1 Å². The Hall–Kier alpha value is -4.62. The number of methoxy groups -OCH3 is 1. The average Bonchev–Trinajstić information content (AvgIpc) is 3.36. The number of ether oxygens (including phenoxy) is 1. The van der Waals surface area contributed by atoms with E-state index in [2.05, 4.69) is 4.52 Å². The van der Waals surface area contributed by atoms with E-state index in [0.29, 0.717) is 42.1 Å². The molecule has 0 unspecified atom stereocenters. The van der Waals surface area contributed by atoms with Crippen molar-refractivity contribution in [1.82, 2.24) is 9.47 Å². The Bertz CT molecular complexity index is 1630. The number of benzene rings is 2. The monoisotopic (exact) mass is 645 g/mol. The molecule has 1 fully saturated rings. The van der Waals surface area contributed by atoms with E-state index in [1.807, 2.05) is 36.1 Å². The molecule has 1 saturated heterocycles. The Balaban J connectivity index is 0.000000610. The number of phosphoric acid groups is 1. The molecule has 3 N–H and O–H groups in total. The van der Waals surface area contributed by atoms with Crippen molar-refractivity contribution < 1.29 is 57.2 Å². The highest BCUT2D eigenvalue weighted by molar-refractivity contribution is 7.46. The third-order valence-corrected chi connectivity index (χ3v) is 7.25. The Morgan fingerprint density at radius 1 is 1.18 bits per heavy atom. The Labute approximate surface area is 258 Å². The molecule has 13 nitrogen and oxygen atoms in total. The first kappa shape index (κ1) is 34.9.